The van der Waals surface area contributed by atoms with Crippen LogP contribution >= 0.6 is 0 Å². The van der Waals surface area contributed by atoms with Crippen molar-refractivity contribution in [2.75, 3.05) is 13.2 Å². The maximum atomic E-state index is 14.0. The lowest BCUT2D eigenvalue weighted by Crippen LogP contribution is -2.13. The lowest BCUT2D eigenvalue weighted by Gasteiger charge is -2.23. The predicted molar refractivity (Wildman–Crippen MR) is 69.1 cm³/mol. The Bertz CT molecular complexity index is 509. The van der Waals surface area contributed by atoms with Crippen molar-refractivity contribution in [3.05, 3.63) is 53.6 Å². The lowest BCUT2D eigenvalue weighted by atomic mass is 10.0. The molecule has 1 aromatic carbocycles. The molecule has 1 aliphatic heterocycles. The van der Waals surface area contributed by atoms with Crippen molar-refractivity contribution in [2.45, 2.75) is 19.4 Å². The van der Waals surface area contributed by atoms with Gasteiger partial charge in [0.1, 0.15) is 0 Å². The SMILES string of the molecule is C=CC1=CCC(c2ccc(OCC)c(F)c2F)OC1. The second-order valence-corrected chi connectivity index (χ2v) is 4.23. The Balaban J connectivity index is 2.24. The molecule has 0 fully saturated rings. The predicted octanol–water partition coefficient (Wildman–Crippen LogP) is 3.94. The van der Waals surface area contributed by atoms with Crippen LogP contribution in [0.1, 0.15) is 25.0 Å². The third kappa shape index (κ3) is 2.84. The molecule has 1 aliphatic rings. The molecule has 1 heterocycles. The van der Waals surface area contributed by atoms with E-state index in [1.54, 1.807) is 13.0 Å². The molecule has 1 unspecified atom stereocenters. The Morgan fingerprint density at radius 1 is 1.42 bits per heavy atom. The van der Waals surface area contributed by atoms with Gasteiger partial charge in [0.2, 0.25) is 5.82 Å². The summed E-state index contributed by atoms with van der Waals surface area (Å²) >= 11 is 0. The zero-order valence-corrected chi connectivity index (χ0v) is 10.8. The first-order valence-electron chi connectivity index (χ1n) is 6.21. The van der Waals surface area contributed by atoms with Crippen molar-refractivity contribution in [3.63, 3.8) is 0 Å². The molecule has 102 valence electrons. The summed E-state index contributed by atoms with van der Waals surface area (Å²) in [4.78, 5) is 0. The highest BCUT2D eigenvalue weighted by Gasteiger charge is 2.23. The highest BCUT2D eigenvalue weighted by atomic mass is 19.2. The Kier molecular flexibility index (Phi) is 4.32. The van der Waals surface area contributed by atoms with Gasteiger partial charge in [0.25, 0.3) is 0 Å². The van der Waals surface area contributed by atoms with Crippen LogP contribution in [0.15, 0.2) is 36.4 Å². The van der Waals surface area contributed by atoms with Gasteiger partial charge in [-0.3, -0.25) is 0 Å². The first-order valence-corrected chi connectivity index (χ1v) is 6.21. The summed E-state index contributed by atoms with van der Waals surface area (Å²) < 4.78 is 38.3. The maximum Gasteiger partial charge on any atom is 0.200 e. The van der Waals surface area contributed by atoms with Crippen LogP contribution in [0, 0.1) is 11.6 Å². The molecule has 2 rings (SSSR count). The minimum Gasteiger partial charge on any atom is -0.491 e. The molecule has 4 heteroatoms. The van der Waals surface area contributed by atoms with Crippen LogP contribution in [0.2, 0.25) is 0 Å². The molecule has 2 nitrogen and oxygen atoms in total. The number of halogens is 2. The fourth-order valence-corrected chi connectivity index (χ4v) is 2.00. The van der Waals surface area contributed by atoms with Gasteiger partial charge in [0, 0.05) is 5.56 Å². The van der Waals surface area contributed by atoms with Gasteiger partial charge in [-0.25, -0.2) is 4.39 Å². The van der Waals surface area contributed by atoms with Crippen molar-refractivity contribution in [2.24, 2.45) is 0 Å². The smallest absolute Gasteiger partial charge is 0.200 e. The summed E-state index contributed by atoms with van der Waals surface area (Å²) in [6.45, 7) is 6.02. The zero-order valence-electron chi connectivity index (χ0n) is 10.8. The summed E-state index contributed by atoms with van der Waals surface area (Å²) in [7, 11) is 0. The van der Waals surface area contributed by atoms with E-state index in [0.29, 0.717) is 19.6 Å². The minimum absolute atomic E-state index is 0.0677. The van der Waals surface area contributed by atoms with Gasteiger partial charge in [-0.2, -0.15) is 4.39 Å². The van der Waals surface area contributed by atoms with Gasteiger partial charge in [0.05, 0.1) is 19.3 Å². The first kappa shape index (κ1) is 13.7. The van der Waals surface area contributed by atoms with E-state index in [9.17, 15) is 8.78 Å². The van der Waals surface area contributed by atoms with E-state index >= 15 is 0 Å². The first-order chi connectivity index (χ1) is 9.17. The highest BCUT2D eigenvalue weighted by molar-refractivity contribution is 5.33. The summed E-state index contributed by atoms with van der Waals surface area (Å²) in [5.41, 5.74) is 1.18. The third-order valence-corrected chi connectivity index (χ3v) is 3.03. The second kappa shape index (κ2) is 5.97. The van der Waals surface area contributed by atoms with Gasteiger partial charge in [-0.15, -0.1) is 0 Å². The van der Waals surface area contributed by atoms with Crippen LogP contribution in [0.5, 0.6) is 5.75 Å². The average molecular weight is 266 g/mol. The van der Waals surface area contributed by atoms with Crippen LogP contribution in [-0.4, -0.2) is 13.2 Å². The van der Waals surface area contributed by atoms with E-state index in [1.165, 1.54) is 12.1 Å². The molecular formula is C15H16F2O2. The van der Waals surface area contributed by atoms with E-state index in [1.807, 2.05) is 6.08 Å². The van der Waals surface area contributed by atoms with Crippen molar-refractivity contribution in [1.29, 1.82) is 0 Å². The zero-order chi connectivity index (χ0) is 13.8. The average Bonchev–Trinajstić information content (AvgIpc) is 2.45. The van der Waals surface area contributed by atoms with Crippen LogP contribution in [0.3, 0.4) is 0 Å². The van der Waals surface area contributed by atoms with Crippen LogP contribution in [0.25, 0.3) is 0 Å². The van der Waals surface area contributed by atoms with E-state index in [2.05, 4.69) is 6.58 Å². The molecule has 0 radical (unpaired) electrons. The quantitative estimate of drug-likeness (QED) is 0.822. The lowest BCUT2D eigenvalue weighted by molar-refractivity contribution is 0.0602. The van der Waals surface area contributed by atoms with E-state index in [4.69, 9.17) is 9.47 Å². The summed E-state index contributed by atoms with van der Waals surface area (Å²) in [5, 5.41) is 0. The molecule has 0 N–H and O–H groups in total. The van der Waals surface area contributed by atoms with Crippen molar-refractivity contribution in [1.82, 2.24) is 0 Å². The molecule has 0 aromatic heterocycles. The Labute approximate surface area is 111 Å². The number of rotatable bonds is 4. The maximum absolute atomic E-state index is 14.0. The van der Waals surface area contributed by atoms with E-state index in [-0.39, 0.29) is 11.3 Å². The third-order valence-electron chi connectivity index (χ3n) is 3.03. The molecule has 1 atom stereocenters. The van der Waals surface area contributed by atoms with Gasteiger partial charge < -0.3 is 9.47 Å². The molecule has 0 saturated heterocycles. The van der Waals surface area contributed by atoms with E-state index in [0.717, 1.165) is 5.57 Å². The molecular weight excluding hydrogens is 250 g/mol. The van der Waals surface area contributed by atoms with Gasteiger partial charge >= 0.3 is 0 Å². The molecule has 19 heavy (non-hydrogen) atoms. The standard InChI is InChI=1S/C15H16F2O2/c1-3-10-5-7-12(19-9-10)11-6-8-13(18-4-2)15(17)14(11)16/h3,5-6,8,12H,1,4,7,9H2,2H3. The van der Waals surface area contributed by atoms with Crippen molar-refractivity contribution >= 4 is 0 Å². The number of benzene rings is 1. The normalized spacial score (nSPS) is 18.9. The molecule has 0 bridgehead atoms. The fourth-order valence-electron chi connectivity index (χ4n) is 2.00. The Morgan fingerprint density at radius 3 is 2.79 bits per heavy atom. The molecule has 0 amide bonds. The topological polar surface area (TPSA) is 18.5 Å². The largest absolute Gasteiger partial charge is 0.491 e. The fraction of sp³-hybridized carbons (Fsp3) is 0.333. The Morgan fingerprint density at radius 2 is 2.21 bits per heavy atom. The van der Waals surface area contributed by atoms with Crippen molar-refractivity contribution in [3.8, 4) is 5.75 Å². The van der Waals surface area contributed by atoms with Gasteiger partial charge in [-0.1, -0.05) is 18.7 Å². The summed E-state index contributed by atoms with van der Waals surface area (Å²) in [6, 6.07) is 2.95. The minimum atomic E-state index is -0.957. The summed E-state index contributed by atoms with van der Waals surface area (Å²) in [6.07, 6.45) is 3.67. The van der Waals surface area contributed by atoms with Gasteiger partial charge in [-0.05, 0) is 31.1 Å². The number of ether oxygens (including phenoxy) is 2. The highest BCUT2D eigenvalue weighted by Crippen LogP contribution is 2.32. The number of hydrogen-bond donors (Lipinski definition) is 0. The summed E-state index contributed by atoms with van der Waals surface area (Å²) in [5.74, 6) is -1.92. The molecule has 0 spiro atoms. The molecule has 1 aromatic rings. The Hall–Kier alpha value is -1.68. The van der Waals surface area contributed by atoms with Crippen molar-refractivity contribution < 1.29 is 18.3 Å². The monoisotopic (exact) mass is 266 g/mol. The molecule has 0 saturated carbocycles. The van der Waals surface area contributed by atoms with Crippen LogP contribution in [-0.2, 0) is 4.74 Å². The molecule has 0 aliphatic carbocycles. The second-order valence-electron chi connectivity index (χ2n) is 4.23. The number of hydrogen-bond acceptors (Lipinski definition) is 2. The van der Waals surface area contributed by atoms with Gasteiger partial charge in [0.15, 0.2) is 11.6 Å². The van der Waals surface area contributed by atoms with Crippen LogP contribution in [0.4, 0.5) is 8.78 Å². The van der Waals surface area contributed by atoms with Crippen LogP contribution < -0.4 is 4.74 Å². The van der Waals surface area contributed by atoms with E-state index < -0.39 is 17.7 Å².